The van der Waals surface area contributed by atoms with Gasteiger partial charge >= 0.3 is 0 Å². The number of nitrogens with one attached hydrogen (secondary N) is 1. The number of thioether (sulfide) groups is 1. The van der Waals surface area contributed by atoms with Crippen molar-refractivity contribution >= 4 is 23.6 Å². The molecule has 2 heterocycles. The Bertz CT molecular complexity index is 767. The summed E-state index contributed by atoms with van der Waals surface area (Å²) >= 11 is 1.73. The van der Waals surface area contributed by atoms with E-state index in [4.69, 9.17) is 4.74 Å². The van der Waals surface area contributed by atoms with Crippen molar-refractivity contribution in [3.05, 3.63) is 53.3 Å². The molecule has 1 N–H and O–H groups in total. The van der Waals surface area contributed by atoms with Gasteiger partial charge in [0.2, 0.25) is 11.9 Å². The normalized spacial score (nSPS) is 18.0. The van der Waals surface area contributed by atoms with Gasteiger partial charge in [-0.3, -0.25) is 4.79 Å². The smallest absolute Gasteiger partial charge is 0.245 e. The van der Waals surface area contributed by atoms with Crippen molar-refractivity contribution in [3.8, 4) is 0 Å². The van der Waals surface area contributed by atoms with E-state index in [2.05, 4.69) is 21.5 Å². The molecular weight excluding hydrogens is 372 g/mol. The first-order valence-corrected chi connectivity index (χ1v) is 11.0. The number of aryl methyl sites for hydroxylation is 2. The van der Waals surface area contributed by atoms with Crippen molar-refractivity contribution in [2.45, 2.75) is 32.4 Å². The van der Waals surface area contributed by atoms with Gasteiger partial charge in [-0.1, -0.05) is 30.3 Å². The minimum Gasteiger partial charge on any atom is -0.370 e. The number of anilines is 1. The van der Waals surface area contributed by atoms with Crippen molar-refractivity contribution in [2.24, 2.45) is 0 Å². The van der Waals surface area contributed by atoms with Crippen LogP contribution in [0.25, 0.3) is 0 Å². The van der Waals surface area contributed by atoms with E-state index in [0.29, 0.717) is 25.6 Å². The molecule has 1 aliphatic rings. The van der Waals surface area contributed by atoms with E-state index in [-0.39, 0.29) is 18.1 Å². The van der Waals surface area contributed by atoms with Crippen LogP contribution in [0.2, 0.25) is 0 Å². The van der Waals surface area contributed by atoms with Gasteiger partial charge in [0, 0.05) is 17.9 Å². The monoisotopic (exact) mass is 400 g/mol. The van der Waals surface area contributed by atoms with E-state index < -0.39 is 0 Å². The first kappa shape index (κ1) is 20.6. The van der Waals surface area contributed by atoms with Crippen molar-refractivity contribution in [2.75, 3.05) is 37.0 Å². The molecule has 1 amide bonds. The van der Waals surface area contributed by atoms with Crippen LogP contribution in [-0.2, 0) is 9.53 Å². The van der Waals surface area contributed by atoms with Crippen molar-refractivity contribution in [1.29, 1.82) is 0 Å². The summed E-state index contributed by atoms with van der Waals surface area (Å²) in [6.07, 6.45) is 2.69. The Labute approximate surface area is 171 Å². The lowest BCUT2D eigenvalue weighted by Crippen LogP contribution is -2.49. The number of benzene rings is 1. The Morgan fingerprint density at radius 1 is 1.29 bits per heavy atom. The zero-order valence-corrected chi connectivity index (χ0v) is 17.5. The van der Waals surface area contributed by atoms with E-state index in [9.17, 15) is 4.79 Å². The molecule has 7 heteroatoms. The molecule has 150 valence electrons. The summed E-state index contributed by atoms with van der Waals surface area (Å²) < 4.78 is 5.91. The quantitative estimate of drug-likeness (QED) is 0.770. The Morgan fingerprint density at radius 2 is 2.00 bits per heavy atom. The van der Waals surface area contributed by atoms with Gasteiger partial charge in [-0.05, 0) is 43.9 Å². The molecule has 0 saturated carbocycles. The van der Waals surface area contributed by atoms with E-state index in [1.807, 2.05) is 55.1 Å². The fourth-order valence-electron chi connectivity index (χ4n) is 3.38. The standard InChI is InChI=1S/C21H28N4O2S/c1-15-13-16(2)23-21(22-15)24-18(9-12-28-3)20(26)25-10-11-27-19(14-25)17-7-5-4-6-8-17/h4-8,13,18-19H,9-12,14H2,1-3H3,(H,22,23,24)/t18-,19-/m0/s1. The van der Waals surface area contributed by atoms with Crippen LogP contribution in [0, 0.1) is 13.8 Å². The van der Waals surface area contributed by atoms with Crippen LogP contribution in [0.4, 0.5) is 5.95 Å². The SMILES string of the molecule is CSCC[C@H](Nc1nc(C)cc(C)n1)C(=O)N1CCO[C@H](c2ccccc2)C1. The van der Waals surface area contributed by atoms with E-state index in [0.717, 1.165) is 29.1 Å². The maximum Gasteiger partial charge on any atom is 0.245 e. The van der Waals surface area contributed by atoms with E-state index >= 15 is 0 Å². The highest BCUT2D eigenvalue weighted by Crippen LogP contribution is 2.23. The average Bonchev–Trinajstić information content (AvgIpc) is 2.70. The maximum absolute atomic E-state index is 13.3. The predicted molar refractivity (Wildman–Crippen MR) is 114 cm³/mol. The van der Waals surface area contributed by atoms with Gasteiger partial charge in [0.1, 0.15) is 12.1 Å². The van der Waals surface area contributed by atoms with Gasteiger partial charge < -0.3 is 15.0 Å². The number of aromatic nitrogens is 2. The Morgan fingerprint density at radius 3 is 2.68 bits per heavy atom. The van der Waals surface area contributed by atoms with E-state index in [1.165, 1.54) is 0 Å². The second kappa shape index (κ2) is 9.89. The second-order valence-electron chi connectivity index (χ2n) is 7.01. The summed E-state index contributed by atoms with van der Waals surface area (Å²) in [5.74, 6) is 1.49. The van der Waals surface area contributed by atoms with Gasteiger partial charge in [-0.15, -0.1) is 0 Å². The number of amides is 1. The Hall–Kier alpha value is -2.12. The van der Waals surface area contributed by atoms with Crippen molar-refractivity contribution < 1.29 is 9.53 Å². The molecule has 0 spiro atoms. The number of morpholine rings is 1. The lowest BCUT2D eigenvalue weighted by atomic mass is 10.1. The number of hydrogen-bond acceptors (Lipinski definition) is 6. The minimum atomic E-state index is -0.344. The predicted octanol–water partition coefficient (Wildman–Crippen LogP) is 3.23. The van der Waals surface area contributed by atoms with Crippen LogP contribution in [-0.4, -0.2) is 58.5 Å². The highest BCUT2D eigenvalue weighted by atomic mass is 32.2. The molecule has 0 unspecified atom stereocenters. The highest BCUT2D eigenvalue weighted by Gasteiger charge is 2.30. The lowest BCUT2D eigenvalue weighted by Gasteiger charge is -2.35. The number of carbonyl (C=O) groups excluding carboxylic acids is 1. The molecule has 6 nitrogen and oxygen atoms in total. The van der Waals surface area contributed by atoms with Gasteiger partial charge in [-0.2, -0.15) is 11.8 Å². The molecule has 0 aliphatic carbocycles. The number of ether oxygens (including phenoxy) is 1. The lowest BCUT2D eigenvalue weighted by molar-refractivity contribution is -0.139. The van der Waals surface area contributed by atoms with Gasteiger partial charge in [0.15, 0.2) is 0 Å². The first-order valence-electron chi connectivity index (χ1n) is 9.60. The molecule has 1 aromatic heterocycles. The summed E-state index contributed by atoms with van der Waals surface area (Å²) in [7, 11) is 0. The Balaban J connectivity index is 1.72. The molecule has 2 aromatic rings. The fraction of sp³-hybridized carbons (Fsp3) is 0.476. The number of hydrogen-bond donors (Lipinski definition) is 1. The van der Waals surface area contributed by atoms with Crippen LogP contribution in [0.15, 0.2) is 36.4 Å². The topological polar surface area (TPSA) is 67.4 Å². The van der Waals surface area contributed by atoms with Crippen LogP contribution in [0.1, 0.15) is 29.5 Å². The first-order chi connectivity index (χ1) is 13.6. The third-order valence-corrected chi connectivity index (χ3v) is 5.39. The third kappa shape index (κ3) is 5.45. The van der Waals surface area contributed by atoms with Gasteiger partial charge in [0.25, 0.3) is 0 Å². The zero-order valence-electron chi connectivity index (χ0n) is 16.7. The van der Waals surface area contributed by atoms with Crippen LogP contribution in [0.5, 0.6) is 0 Å². The summed E-state index contributed by atoms with van der Waals surface area (Å²) in [6.45, 7) is 5.58. The van der Waals surface area contributed by atoms with Gasteiger partial charge in [-0.25, -0.2) is 9.97 Å². The number of rotatable bonds is 7. The molecule has 28 heavy (non-hydrogen) atoms. The highest BCUT2D eigenvalue weighted by molar-refractivity contribution is 7.98. The molecule has 1 fully saturated rings. The zero-order chi connectivity index (χ0) is 19.9. The third-order valence-electron chi connectivity index (χ3n) is 4.74. The summed E-state index contributed by atoms with van der Waals surface area (Å²) in [4.78, 5) is 24.1. The molecular formula is C21H28N4O2S. The summed E-state index contributed by atoms with van der Waals surface area (Å²) in [5.41, 5.74) is 2.88. The molecule has 0 bridgehead atoms. The molecule has 0 radical (unpaired) electrons. The minimum absolute atomic E-state index is 0.0843. The molecule has 1 aliphatic heterocycles. The summed E-state index contributed by atoms with van der Waals surface area (Å²) in [6, 6.07) is 11.7. The second-order valence-corrected chi connectivity index (χ2v) is 7.99. The summed E-state index contributed by atoms with van der Waals surface area (Å²) in [5, 5.41) is 3.28. The Kier molecular flexibility index (Phi) is 7.28. The average molecular weight is 401 g/mol. The molecule has 3 rings (SSSR count). The molecule has 1 saturated heterocycles. The van der Waals surface area contributed by atoms with Crippen molar-refractivity contribution in [1.82, 2.24) is 14.9 Å². The van der Waals surface area contributed by atoms with Crippen LogP contribution >= 0.6 is 11.8 Å². The van der Waals surface area contributed by atoms with Crippen LogP contribution in [0.3, 0.4) is 0 Å². The molecule has 1 aromatic carbocycles. The van der Waals surface area contributed by atoms with Gasteiger partial charge in [0.05, 0.1) is 13.2 Å². The largest absolute Gasteiger partial charge is 0.370 e. The number of carbonyl (C=O) groups is 1. The number of nitrogens with zero attached hydrogens (tertiary/aromatic N) is 3. The van der Waals surface area contributed by atoms with E-state index in [1.54, 1.807) is 11.8 Å². The molecule has 2 atom stereocenters. The fourth-order valence-corrected chi connectivity index (χ4v) is 3.85. The van der Waals surface area contributed by atoms with Crippen LogP contribution < -0.4 is 5.32 Å². The maximum atomic E-state index is 13.3. The van der Waals surface area contributed by atoms with Crippen molar-refractivity contribution in [3.63, 3.8) is 0 Å².